The van der Waals surface area contributed by atoms with Crippen LogP contribution < -0.4 is 0 Å². The lowest BCUT2D eigenvalue weighted by Gasteiger charge is -1.90. The first-order valence-electron chi connectivity index (χ1n) is 4.15. The maximum atomic E-state index is 11.1. The Bertz CT molecular complexity index is 209. The van der Waals surface area contributed by atoms with E-state index in [4.69, 9.17) is 0 Å². The largest absolute Gasteiger partial charge is 0.295 e. The van der Waals surface area contributed by atoms with Gasteiger partial charge >= 0.3 is 0 Å². The first-order chi connectivity index (χ1) is 5.70. The molecule has 0 aromatic heterocycles. The van der Waals surface area contributed by atoms with Gasteiger partial charge in [-0.25, -0.2) is 0 Å². The van der Waals surface area contributed by atoms with Gasteiger partial charge in [0.25, 0.3) is 0 Å². The van der Waals surface area contributed by atoms with E-state index in [-0.39, 0.29) is 5.78 Å². The molecule has 0 heterocycles. The fraction of sp³-hybridized carbons (Fsp3) is 0.364. The SMILES string of the molecule is C=CCCC(=O)/C=C/C(C)=C/C. The lowest BCUT2D eigenvalue weighted by atomic mass is 10.2. The van der Waals surface area contributed by atoms with E-state index < -0.39 is 0 Å². The van der Waals surface area contributed by atoms with E-state index in [1.54, 1.807) is 12.2 Å². The highest BCUT2D eigenvalue weighted by Crippen LogP contribution is 1.97. The lowest BCUT2D eigenvalue weighted by molar-refractivity contribution is -0.114. The summed E-state index contributed by atoms with van der Waals surface area (Å²) in [7, 11) is 0. The van der Waals surface area contributed by atoms with Gasteiger partial charge in [0.1, 0.15) is 0 Å². The second-order valence-corrected chi connectivity index (χ2v) is 2.66. The van der Waals surface area contributed by atoms with E-state index in [9.17, 15) is 4.79 Å². The third-order valence-electron chi connectivity index (χ3n) is 1.58. The molecule has 0 rings (SSSR count). The monoisotopic (exact) mass is 164 g/mol. The predicted octanol–water partition coefficient (Wildman–Crippen LogP) is 3.04. The van der Waals surface area contributed by atoms with E-state index in [2.05, 4.69) is 6.58 Å². The molecule has 0 aromatic carbocycles. The van der Waals surface area contributed by atoms with Crippen molar-refractivity contribution in [2.45, 2.75) is 26.7 Å². The zero-order chi connectivity index (χ0) is 9.40. The Hall–Kier alpha value is -1.11. The molecule has 0 unspecified atom stereocenters. The summed E-state index contributed by atoms with van der Waals surface area (Å²) in [6.45, 7) is 7.48. The molecule has 1 nitrogen and oxygen atoms in total. The number of rotatable bonds is 5. The van der Waals surface area contributed by atoms with Crippen LogP contribution >= 0.6 is 0 Å². The number of allylic oxidation sites excluding steroid dienone is 5. The highest BCUT2D eigenvalue weighted by atomic mass is 16.1. The maximum absolute atomic E-state index is 11.1. The molecule has 0 atom stereocenters. The molecule has 0 saturated carbocycles. The van der Waals surface area contributed by atoms with Gasteiger partial charge < -0.3 is 0 Å². The van der Waals surface area contributed by atoms with Crippen molar-refractivity contribution in [2.75, 3.05) is 0 Å². The van der Waals surface area contributed by atoms with Crippen LogP contribution in [0, 0.1) is 0 Å². The van der Waals surface area contributed by atoms with Gasteiger partial charge in [0.05, 0.1) is 0 Å². The second kappa shape index (κ2) is 6.59. The zero-order valence-corrected chi connectivity index (χ0v) is 7.84. The van der Waals surface area contributed by atoms with Crippen molar-refractivity contribution in [3.63, 3.8) is 0 Å². The normalized spacial score (nSPS) is 12.0. The summed E-state index contributed by atoms with van der Waals surface area (Å²) in [6.07, 6.45) is 8.52. The van der Waals surface area contributed by atoms with Crippen LogP contribution in [0.1, 0.15) is 26.7 Å². The highest BCUT2D eigenvalue weighted by molar-refractivity contribution is 5.90. The van der Waals surface area contributed by atoms with Crippen molar-refractivity contribution < 1.29 is 4.79 Å². The molecule has 12 heavy (non-hydrogen) atoms. The summed E-state index contributed by atoms with van der Waals surface area (Å²) in [4.78, 5) is 11.1. The Balaban J connectivity index is 3.83. The van der Waals surface area contributed by atoms with Crippen LogP contribution in [0.2, 0.25) is 0 Å². The van der Waals surface area contributed by atoms with Crippen LogP contribution in [0.25, 0.3) is 0 Å². The number of ketones is 1. The lowest BCUT2D eigenvalue weighted by Crippen LogP contribution is -1.90. The Morgan fingerprint density at radius 2 is 2.08 bits per heavy atom. The second-order valence-electron chi connectivity index (χ2n) is 2.66. The minimum absolute atomic E-state index is 0.163. The maximum Gasteiger partial charge on any atom is 0.156 e. The summed E-state index contributed by atoms with van der Waals surface area (Å²) in [5, 5.41) is 0. The molecule has 0 aliphatic rings. The number of hydrogen-bond donors (Lipinski definition) is 0. The van der Waals surface area contributed by atoms with Crippen molar-refractivity contribution in [2.24, 2.45) is 0 Å². The van der Waals surface area contributed by atoms with Crippen molar-refractivity contribution in [1.29, 1.82) is 0 Å². The standard InChI is InChI=1S/C11H16O/c1-4-6-7-11(12)9-8-10(3)5-2/h4-5,8-9H,1,6-7H2,2-3H3/b9-8+,10-5+. The average molecular weight is 164 g/mol. The summed E-state index contributed by atoms with van der Waals surface area (Å²) in [5.41, 5.74) is 1.11. The molecule has 0 N–H and O–H groups in total. The molecular weight excluding hydrogens is 148 g/mol. The number of hydrogen-bond acceptors (Lipinski definition) is 1. The fourth-order valence-electron chi connectivity index (χ4n) is 0.648. The van der Waals surface area contributed by atoms with Gasteiger partial charge in [0, 0.05) is 6.42 Å². The molecule has 0 radical (unpaired) electrons. The molecule has 0 aliphatic heterocycles. The molecule has 0 amide bonds. The van der Waals surface area contributed by atoms with Crippen molar-refractivity contribution in [3.05, 3.63) is 36.5 Å². The fourth-order valence-corrected chi connectivity index (χ4v) is 0.648. The Morgan fingerprint density at radius 3 is 2.58 bits per heavy atom. The minimum atomic E-state index is 0.163. The van der Waals surface area contributed by atoms with Gasteiger partial charge in [-0.05, 0) is 26.3 Å². The molecule has 0 bridgehead atoms. The molecule has 0 spiro atoms. The van der Waals surface area contributed by atoms with Gasteiger partial charge in [0.2, 0.25) is 0 Å². The molecule has 66 valence electrons. The number of carbonyl (C=O) groups is 1. The van der Waals surface area contributed by atoms with Gasteiger partial charge in [-0.2, -0.15) is 0 Å². The Morgan fingerprint density at radius 1 is 1.42 bits per heavy atom. The van der Waals surface area contributed by atoms with Crippen LogP contribution in [0.3, 0.4) is 0 Å². The first kappa shape index (κ1) is 10.9. The molecule has 1 heteroatoms. The van der Waals surface area contributed by atoms with Crippen LogP contribution in [0.4, 0.5) is 0 Å². The zero-order valence-electron chi connectivity index (χ0n) is 7.84. The smallest absolute Gasteiger partial charge is 0.156 e. The topological polar surface area (TPSA) is 17.1 Å². The summed E-state index contributed by atoms with van der Waals surface area (Å²) < 4.78 is 0. The minimum Gasteiger partial charge on any atom is -0.295 e. The highest BCUT2D eigenvalue weighted by Gasteiger charge is 1.92. The Labute approximate surface area is 74.5 Å². The average Bonchev–Trinajstić information content (AvgIpc) is 2.10. The van der Waals surface area contributed by atoms with E-state index >= 15 is 0 Å². The van der Waals surface area contributed by atoms with Gasteiger partial charge in [-0.3, -0.25) is 4.79 Å². The van der Waals surface area contributed by atoms with E-state index in [1.807, 2.05) is 26.0 Å². The van der Waals surface area contributed by atoms with Crippen molar-refractivity contribution >= 4 is 5.78 Å². The summed E-state index contributed by atoms with van der Waals surface area (Å²) >= 11 is 0. The van der Waals surface area contributed by atoms with Crippen molar-refractivity contribution in [3.8, 4) is 0 Å². The van der Waals surface area contributed by atoms with Crippen LogP contribution in [0.15, 0.2) is 36.5 Å². The summed E-state index contributed by atoms with van der Waals surface area (Å²) in [5.74, 6) is 0.163. The molecule has 0 fully saturated rings. The van der Waals surface area contributed by atoms with E-state index in [0.717, 1.165) is 12.0 Å². The molecule has 0 aliphatic carbocycles. The molecule has 0 saturated heterocycles. The van der Waals surface area contributed by atoms with Gasteiger partial charge in [0.15, 0.2) is 5.78 Å². The summed E-state index contributed by atoms with van der Waals surface area (Å²) in [6, 6.07) is 0. The predicted molar refractivity (Wildman–Crippen MR) is 53.0 cm³/mol. The van der Waals surface area contributed by atoms with Gasteiger partial charge in [-0.1, -0.05) is 23.8 Å². The number of carbonyl (C=O) groups excluding carboxylic acids is 1. The van der Waals surface area contributed by atoms with E-state index in [0.29, 0.717) is 6.42 Å². The van der Waals surface area contributed by atoms with Crippen LogP contribution in [-0.4, -0.2) is 5.78 Å². The van der Waals surface area contributed by atoms with Crippen molar-refractivity contribution in [1.82, 2.24) is 0 Å². The van der Waals surface area contributed by atoms with Crippen LogP contribution in [-0.2, 0) is 4.79 Å². The molecular formula is C11H16O. The van der Waals surface area contributed by atoms with E-state index in [1.165, 1.54) is 0 Å². The third kappa shape index (κ3) is 5.66. The van der Waals surface area contributed by atoms with Gasteiger partial charge in [-0.15, -0.1) is 6.58 Å². The van der Waals surface area contributed by atoms with Crippen LogP contribution in [0.5, 0.6) is 0 Å². The first-order valence-corrected chi connectivity index (χ1v) is 4.15. The molecule has 0 aromatic rings. The third-order valence-corrected chi connectivity index (χ3v) is 1.58. The quantitative estimate of drug-likeness (QED) is 0.347. The Kier molecular flexibility index (Phi) is 5.98.